The van der Waals surface area contributed by atoms with Crippen molar-refractivity contribution in [2.24, 2.45) is 0 Å². The maximum absolute atomic E-state index is 10.8. The normalized spacial score (nSPS) is 10.9. The Bertz CT molecular complexity index is 830. The summed E-state index contributed by atoms with van der Waals surface area (Å²) in [7, 11) is 0. The van der Waals surface area contributed by atoms with Gasteiger partial charge in [0.05, 0.1) is 10.5 Å². The van der Waals surface area contributed by atoms with Crippen molar-refractivity contribution >= 4 is 40.1 Å². The van der Waals surface area contributed by atoms with Crippen molar-refractivity contribution in [3.63, 3.8) is 0 Å². The van der Waals surface area contributed by atoms with Crippen molar-refractivity contribution in [3.05, 3.63) is 46.3 Å². The summed E-state index contributed by atoms with van der Waals surface area (Å²) in [6, 6.07) is 8.12. The van der Waals surface area contributed by atoms with Gasteiger partial charge < -0.3 is 9.63 Å². The van der Waals surface area contributed by atoms with Gasteiger partial charge in [-0.3, -0.25) is 0 Å². The average Bonchev–Trinajstić information content (AvgIpc) is 2.88. The highest BCUT2D eigenvalue weighted by molar-refractivity contribution is 6.38. The largest absolute Gasteiger partial charge is 0.475 e. The lowest BCUT2D eigenvalue weighted by Crippen LogP contribution is -1.91. The molecule has 0 aliphatic rings. The Balaban J connectivity index is 2.18. The van der Waals surface area contributed by atoms with Crippen molar-refractivity contribution in [2.45, 2.75) is 0 Å². The number of hydrogen-bond acceptors (Lipinski definition) is 4. The summed E-state index contributed by atoms with van der Waals surface area (Å²) in [6.07, 6.45) is 0. The highest BCUT2D eigenvalue weighted by Crippen LogP contribution is 2.33. The van der Waals surface area contributed by atoms with Crippen molar-refractivity contribution in [3.8, 4) is 11.3 Å². The van der Waals surface area contributed by atoms with E-state index in [4.69, 9.17) is 32.8 Å². The second-order valence-electron chi connectivity index (χ2n) is 4.01. The summed E-state index contributed by atoms with van der Waals surface area (Å²) >= 11 is 12.1. The van der Waals surface area contributed by atoms with Crippen LogP contribution in [0.15, 0.2) is 34.9 Å². The fourth-order valence-electron chi connectivity index (χ4n) is 1.84. The van der Waals surface area contributed by atoms with Crippen molar-refractivity contribution in [1.29, 1.82) is 0 Å². The lowest BCUT2D eigenvalue weighted by atomic mass is 10.1. The molecule has 0 bridgehead atoms. The molecular weight excluding hydrogens is 303 g/mol. The molecule has 3 aromatic rings. The monoisotopic (exact) mass is 308 g/mol. The summed E-state index contributed by atoms with van der Waals surface area (Å²) in [6.45, 7) is 0. The van der Waals surface area contributed by atoms with E-state index in [2.05, 4.69) is 10.1 Å². The van der Waals surface area contributed by atoms with E-state index in [1.54, 1.807) is 24.3 Å². The minimum atomic E-state index is -1.19. The van der Waals surface area contributed by atoms with Gasteiger partial charge in [-0.15, -0.1) is 0 Å². The van der Waals surface area contributed by atoms with Crippen LogP contribution in [0, 0.1) is 0 Å². The van der Waals surface area contributed by atoms with Crippen LogP contribution in [0.25, 0.3) is 22.2 Å². The Labute approximate surface area is 122 Å². The Morgan fingerprint density at radius 1 is 1.20 bits per heavy atom. The molecule has 20 heavy (non-hydrogen) atoms. The van der Waals surface area contributed by atoms with Crippen molar-refractivity contribution in [1.82, 2.24) is 10.1 Å². The van der Waals surface area contributed by atoms with Gasteiger partial charge in [-0.2, -0.15) is 0 Å². The first kappa shape index (κ1) is 12.9. The van der Waals surface area contributed by atoms with Crippen molar-refractivity contribution < 1.29 is 14.4 Å². The number of carbonyl (C=O) groups is 1. The van der Waals surface area contributed by atoms with Gasteiger partial charge in [0.1, 0.15) is 10.8 Å². The van der Waals surface area contributed by atoms with E-state index in [9.17, 15) is 4.79 Å². The van der Waals surface area contributed by atoms with Gasteiger partial charge in [0.15, 0.2) is 0 Å². The third-order valence-electron chi connectivity index (χ3n) is 2.77. The van der Waals surface area contributed by atoms with E-state index in [0.29, 0.717) is 32.3 Å². The third-order valence-corrected chi connectivity index (χ3v) is 3.39. The van der Waals surface area contributed by atoms with Crippen LogP contribution in [0.3, 0.4) is 0 Å². The topological polar surface area (TPSA) is 76.2 Å². The highest BCUT2D eigenvalue weighted by Gasteiger charge is 2.16. The number of rotatable bonds is 2. The Kier molecular flexibility index (Phi) is 3.08. The lowest BCUT2D eigenvalue weighted by molar-refractivity contribution is 0.0652. The second-order valence-corrected chi connectivity index (χ2v) is 4.77. The highest BCUT2D eigenvalue weighted by atomic mass is 35.5. The molecule has 0 saturated heterocycles. The number of carboxylic acids is 1. The van der Waals surface area contributed by atoms with Crippen LogP contribution in [-0.4, -0.2) is 21.2 Å². The van der Waals surface area contributed by atoms with Gasteiger partial charge in [0, 0.05) is 17.0 Å². The third kappa shape index (κ3) is 2.11. The molecule has 0 aliphatic carbocycles. The predicted molar refractivity (Wildman–Crippen MR) is 74.2 cm³/mol. The number of hydrogen-bond donors (Lipinski definition) is 1. The van der Waals surface area contributed by atoms with Gasteiger partial charge in [-0.05, 0) is 24.3 Å². The molecule has 2 aromatic heterocycles. The number of halogens is 2. The van der Waals surface area contributed by atoms with Crippen LogP contribution in [0.1, 0.15) is 10.6 Å². The molecule has 0 atom stereocenters. The molecule has 0 saturated carbocycles. The van der Waals surface area contributed by atoms with E-state index in [1.165, 1.54) is 6.07 Å². The molecule has 5 nitrogen and oxygen atoms in total. The van der Waals surface area contributed by atoms with Crippen LogP contribution >= 0.6 is 23.2 Å². The molecule has 0 fully saturated rings. The lowest BCUT2D eigenvalue weighted by Gasteiger charge is -2.04. The van der Waals surface area contributed by atoms with E-state index in [1.807, 2.05) is 0 Å². The number of carboxylic acid groups (broad SMARTS) is 1. The van der Waals surface area contributed by atoms with Crippen LogP contribution in [-0.2, 0) is 0 Å². The number of aromatic nitrogens is 2. The number of nitrogens with zero attached hydrogens (tertiary/aromatic N) is 2. The zero-order valence-electron chi connectivity index (χ0n) is 9.80. The molecule has 1 N–H and O–H groups in total. The minimum Gasteiger partial charge on any atom is -0.475 e. The van der Waals surface area contributed by atoms with E-state index in [0.717, 1.165) is 0 Å². The van der Waals surface area contributed by atoms with Crippen LogP contribution < -0.4 is 0 Å². The summed E-state index contributed by atoms with van der Waals surface area (Å²) in [5, 5.41) is 14.0. The summed E-state index contributed by atoms with van der Waals surface area (Å²) < 4.78 is 4.72. The van der Waals surface area contributed by atoms with Crippen LogP contribution in [0.4, 0.5) is 0 Å². The Morgan fingerprint density at radius 2 is 2.00 bits per heavy atom. The molecule has 0 radical (unpaired) electrons. The van der Waals surface area contributed by atoms with Gasteiger partial charge in [0.2, 0.25) is 5.76 Å². The molecule has 1 aromatic carbocycles. The number of fused-ring (bicyclic) bond motifs is 1. The van der Waals surface area contributed by atoms with Gasteiger partial charge >= 0.3 is 5.97 Å². The fourth-order valence-corrected chi connectivity index (χ4v) is 2.32. The summed E-state index contributed by atoms with van der Waals surface area (Å²) in [4.78, 5) is 14.9. The maximum Gasteiger partial charge on any atom is 0.374 e. The van der Waals surface area contributed by atoms with Gasteiger partial charge in [-0.1, -0.05) is 28.4 Å². The molecule has 3 rings (SSSR count). The van der Waals surface area contributed by atoms with E-state index < -0.39 is 5.97 Å². The molecule has 0 spiro atoms. The molecule has 7 heteroatoms. The second kappa shape index (κ2) is 4.77. The van der Waals surface area contributed by atoms with E-state index in [-0.39, 0.29) is 5.76 Å². The average molecular weight is 309 g/mol. The fraction of sp³-hybridized carbons (Fsp3) is 0. The van der Waals surface area contributed by atoms with Crippen LogP contribution in [0.5, 0.6) is 0 Å². The predicted octanol–water partition coefficient (Wildman–Crippen LogP) is 3.89. The standard InChI is InChI=1S/C13H6Cl2N2O3/c14-11-4-2-6-8(16-11)3-1-7(12(6)15)9-5-10(13(18)19)20-17-9/h1-5H,(H,18,19). The molecule has 0 aliphatic heterocycles. The molecule has 2 heterocycles. The number of benzene rings is 1. The summed E-state index contributed by atoms with van der Waals surface area (Å²) in [5.41, 5.74) is 1.57. The molecular formula is C13H6Cl2N2O3. The Hall–Kier alpha value is -2.11. The first-order chi connectivity index (χ1) is 9.56. The first-order valence-corrected chi connectivity index (χ1v) is 6.27. The van der Waals surface area contributed by atoms with Gasteiger partial charge in [-0.25, -0.2) is 9.78 Å². The summed E-state index contributed by atoms with van der Waals surface area (Å²) in [5.74, 6) is -1.43. The first-order valence-electron chi connectivity index (χ1n) is 5.51. The van der Waals surface area contributed by atoms with Crippen LogP contribution in [0.2, 0.25) is 10.2 Å². The minimum absolute atomic E-state index is 0.245. The molecule has 100 valence electrons. The van der Waals surface area contributed by atoms with Crippen molar-refractivity contribution in [2.75, 3.05) is 0 Å². The van der Waals surface area contributed by atoms with Gasteiger partial charge in [0.25, 0.3) is 0 Å². The molecule has 0 amide bonds. The molecule has 0 unspecified atom stereocenters. The SMILES string of the molecule is O=C(O)c1cc(-c2ccc3nc(Cl)ccc3c2Cl)no1. The zero-order valence-corrected chi connectivity index (χ0v) is 11.3. The maximum atomic E-state index is 10.8. The Morgan fingerprint density at radius 3 is 2.70 bits per heavy atom. The number of aromatic carboxylic acids is 1. The smallest absolute Gasteiger partial charge is 0.374 e. The quantitative estimate of drug-likeness (QED) is 0.727. The zero-order chi connectivity index (χ0) is 14.3. The van der Waals surface area contributed by atoms with E-state index >= 15 is 0 Å². The number of pyridine rings is 1.